The first-order valence-corrected chi connectivity index (χ1v) is 7.74. The molecule has 7 heteroatoms. The Morgan fingerprint density at radius 2 is 2.05 bits per heavy atom. The third-order valence-electron chi connectivity index (χ3n) is 3.09. The van der Waals surface area contributed by atoms with Gasteiger partial charge in [-0.3, -0.25) is 0 Å². The molecule has 0 spiro atoms. The number of hydrogen-bond donors (Lipinski definition) is 2. The number of hydrogen-bond acceptors (Lipinski definition) is 5. The van der Waals surface area contributed by atoms with Crippen LogP contribution in [-0.2, 0) is 26.0 Å². The predicted molar refractivity (Wildman–Crippen MR) is 76.9 cm³/mol. The van der Waals surface area contributed by atoms with E-state index in [9.17, 15) is 8.42 Å². The highest BCUT2D eigenvalue weighted by molar-refractivity contribution is 7.89. The fraction of sp³-hybridized carbons (Fsp3) is 0.538. The average Bonchev–Trinajstić information content (AvgIpc) is 2.43. The Hall–Kier alpha value is -0.990. The lowest BCUT2D eigenvalue weighted by atomic mass is 10.1. The van der Waals surface area contributed by atoms with Crippen LogP contribution in [0.1, 0.15) is 11.1 Å². The molecule has 0 saturated heterocycles. The number of benzene rings is 1. The molecule has 0 saturated carbocycles. The molecule has 0 aliphatic heterocycles. The van der Waals surface area contributed by atoms with Gasteiger partial charge in [0.1, 0.15) is 0 Å². The van der Waals surface area contributed by atoms with Gasteiger partial charge in [-0.05, 0) is 24.1 Å². The number of nitrogens with one attached hydrogen (secondary N) is 1. The maximum atomic E-state index is 12.3. The lowest BCUT2D eigenvalue weighted by molar-refractivity contribution is 0.0320. The highest BCUT2D eigenvalue weighted by atomic mass is 32.2. The van der Waals surface area contributed by atoms with Crippen molar-refractivity contribution in [2.75, 3.05) is 27.4 Å². The minimum Gasteiger partial charge on any atom is -0.382 e. The fourth-order valence-electron chi connectivity index (χ4n) is 1.85. The Morgan fingerprint density at radius 1 is 1.35 bits per heavy atom. The normalized spacial score (nSPS) is 13.4. The lowest BCUT2D eigenvalue weighted by Crippen LogP contribution is -2.36. The van der Waals surface area contributed by atoms with Crippen molar-refractivity contribution in [3.05, 3.63) is 29.3 Å². The molecule has 0 aromatic heterocycles. The van der Waals surface area contributed by atoms with Crippen molar-refractivity contribution in [1.29, 1.82) is 0 Å². The summed E-state index contributed by atoms with van der Waals surface area (Å²) in [5, 5.41) is 0. The minimum atomic E-state index is -3.59. The number of rotatable bonds is 8. The summed E-state index contributed by atoms with van der Waals surface area (Å²) in [4.78, 5) is 0.243. The topological polar surface area (TPSA) is 90.7 Å². The predicted octanol–water partition coefficient (Wildman–Crippen LogP) is 0.393. The molecule has 6 nitrogen and oxygen atoms in total. The number of sulfonamides is 1. The van der Waals surface area contributed by atoms with Gasteiger partial charge in [0, 0.05) is 27.3 Å². The Labute approximate surface area is 120 Å². The van der Waals surface area contributed by atoms with Crippen LogP contribution in [0.3, 0.4) is 0 Å². The summed E-state index contributed by atoms with van der Waals surface area (Å²) in [7, 11) is -0.539. The molecule has 0 heterocycles. The molecule has 1 atom stereocenters. The highest BCUT2D eigenvalue weighted by Crippen LogP contribution is 2.18. The van der Waals surface area contributed by atoms with Gasteiger partial charge < -0.3 is 15.2 Å². The molecule has 0 fully saturated rings. The van der Waals surface area contributed by atoms with E-state index in [2.05, 4.69) is 4.72 Å². The number of ether oxygens (including phenoxy) is 2. The molecular formula is C13H22N2O4S. The molecule has 1 rings (SSSR count). The van der Waals surface area contributed by atoms with Crippen LogP contribution in [0, 0.1) is 6.92 Å². The third-order valence-corrected chi connectivity index (χ3v) is 4.66. The molecule has 0 aliphatic carbocycles. The Kier molecular flexibility index (Phi) is 6.57. The van der Waals surface area contributed by atoms with E-state index in [0.717, 1.165) is 5.56 Å². The standard InChI is InChI=1S/C13H22N2O4S/c1-10-11(7-14)5-4-6-13(10)20(16,17)15-8-12(19-3)9-18-2/h4-6,12,15H,7-9,14H2,1-3H3. The van der Waals surface area contributed by atoms with Crippen LogP contribution < -0.4 is 10.5 Å². The zero-order valence-corrected chi connectivity index (χ0v) is 12.9. The second kappa shape index (κ2) is 7.70. The zero-order chi connectivity index (χ0) is 15.2. The van der Waals surface area contributed by atoms with E-state index in [4.69, 9.17) is 15.2 Å². The minimum absolute atomic E-state index is 0.152. The molecule has 1 aromatic rings. The summed E-state index contributed by atoms with van der Waals surface area (Å²) in [6.07, 6.45) is -0.326. The summed E-state index contributed by atoms with van der Waals surface area (Å²) in [5.41, 5.74) is 7.08. The maximum Gasteiger partial charge on any atom is 0.240 e. The van der Waals surface area contributed by atoms with Gasteiger partial charge in [0.05, 0.1) is 17.6 Å². The van der Waals surface area contributed by atoms with Crippen molar-refractivity contribution in [3.8, 4) is 0 Å². The van der Waals surface area contributed by atoms with Gasteiger partial charge in [0.2, 0.25) is 10.0 Å². The van der Waals surface area contributed by atoms with Gasteiger partial charge in [-0.25, -0.2) is 13.1 Å². The van der Waals surface area contributed by atoms with E-state index in [1.165, 1.54) is 14.2 Å². The van der Waals surface area contributed by atoms with Crippen LogP contribution in [0.2, 0.25) is 0 Å². The average molecular weight is 302 g/mol. The van der Waals surface area contributed by atoms with Gasteiger partial charge in [-0.2, -0.15) is 0 Å². The van der Waals surface area contributed by atoms with Crippen LogP contribution in [-0.4, -0.2) is 41.9 Å². The zero-order valence-electron chi connectivity index (χ0n) is 12.0. The molecule has 0 aliphatic rings. The maximum absolute atomic E-state index is 12.3. The quantitative estimate of drug-likeness (QED) is 0.725. The van der Waals surface area contributed by atoms with E-state index in [0.29, 0.717) is 18.7 Å². The SMILES string of the molecule is COCC(CNS(=O)(=O)c1cccc(CN)c1C)OC. The van der Waals surface area contributed by atoms with Crippen LogP contribution >= 0.6 is 0 Å². The molecular weight excluding hydrogens is 280 g/mol. The summed E-state index contributed by atoms with van der Waals surface area (Å²) < 4.78 is 37.2. The van der Waals surface area contributed by atoms with Crippen molar-refractivity contribution in [3.63, 3.8) is 0 Å². The Bertz CT molecular complexity index is 531. The molecule has 114 valence electrons. The van der Waals surface area contributed by atoms with Gasteiger partial charge in [-0.15, -0.1) is 0 Å². The molecule has 0 amide bonds. The van der Waals surface area contributed by atoms with Crippen LogP contribution in [0.25, 0.3) is 0 Å². The lowest BCUT2D eigenvalue weighted by Gasteiger charge is -2.16. The summed E-state index contributed by atoms with van der Waals surface area (Å²) in [6, 6.07) is 5.07. The van der Waals surface area contributed by atoms with Crippen molar-refractivity contribution in [1.82, 2.24) is 4.72 Å². The van der Waals surface area contributed by atoms with Gasteiger partial charge >= 0.3 is 0 Å². The second-order valence-corrected chi connectivity index (χ2v) is 6.14. The van der Waals surface area contributed by atoms with E-state index in [1.807, 2.05) is 6.07 Å². The fourth-order valence-corrected chi connectivity index (χ4v) is 3.20. The second-order valence-electron chi connectivity index (χ2n) is 4.41. The Morgan fingerprint density at radius 3 is 2.60 bits per heavy atom. The molecule has 3 N–H and O–H groups in total. The summed E-state index contributed by atoms with van der Waals surface area (Å²) in [6.45, 7) is 2.53. The molecule has 1 aromatic carbocycles. The first kappa shape index (κ1) is 17.1. The van der Waals surface area contributed by atoms with Crippen LogP contribution in [0.4, 0.5) is 0 Å². The van der Waals surface area contributed by atoms with Crippen molar-refractivity contribution in [2.24, 2.45) is 5.73 Å². The largest absolute Gasteiger partial charge is 0.382 e. The smallest absolute Gasteiger partial charge is 0.240 e. The van der Waals surface area contributed by atoms with Crippen molar-refractivity contribution < 1.29 is 17.9 Å². The van der Waals surface area contributed by atoms with Crippen LogP contribution in [0.15, 0.2) is 23.1 Å². The number of methoxy groups -OCH3 is 2. The number of nitrogens with two attached hydrogens (primary N) is 1. The van der Waals surface area contributed by atoms with E-state index in [1.54, 1.807) is 19.1 Å². The van der Waals surface area contributed by atoms with E-state index in [-0.39, 0.29) is 17.5 Å². The third kappa shape index (κ3) is 4.26. The molecule has 1 unspecified atom stereocenters. The molecule has 0 radical (unpaired) electrons. The summed E-state index contributed by atoms with van der Waals surface area (Å²) in [5.74, 6) is 0. The first-order chi connectivity index (χ1) is 9.46. The summed E-state index contributed by atoms with van der Waals surface area (Å²) >= 11 is 0. The highest BCUT2D eigenvalue weighted by Gasteiger charge is 2.19. The monoisotopic (exact) mass is 302 g/mol. The van der Waals surface area contributed by atoms with Crippen LogP contribution in [0.5, 0.6) is 0 Å². The van der Waals surface area contributed by atoms with Crippen molar-refractivity contribution >= 4 is 10.0 Å². The van der Waals surface area contributed by atoms with E-state index < -0.39 is 10.0 Å². The molecule has 0 bridgehead atoms. The van der Waals surface area contributed by atoms with E-state index >= 15 is 0 Å². The Balaban J connectivity index is 2.89. The molecule has 20 heavy (non-hydrogen) atoms. The van der Waals surface area contributed by atoms with Gasteiger partial charge in [0.25, 0.3) is 0 Å². The first-order valence-electron chi connectivity index (χ1n) is 6.26. The van der Waals surface area contributed by atoms with Crippen molar-refractivity contribution in [2.45, 2.75) is 24.5 Å². The van der Waals surface area contributed by atoms with Gasteiger partial charge in [0.15, 0.2) is 0 Å². The van der Waals surface area contributed by atoms with Gasteiger partial charge in [-0.1, -0.05) is 12.1 Å².